The van der Waals surface area contributed by atoms with Crippen molar-refractivity contribution in [1.29, 1.82) is 0 Å². The molecule has 0 saturated heterocycles. The Morgan fingerprint density at radius 1 is 1.06 bits per heavy atom. The van der Waals surface area contributed by atoms with Crippen LogP contribution in [0.5, 0.6) is 0 Å². The van der Waals surface area contributed by atoms with E-state index < -0.39 is 5.60 Å². The fraction of sp³-hybridized carbons (Fsp3) is 0.520. The number of nitrogens with two attached hydrogens (primary N) is 1. The maximum Gasteiger partial charge on any atom is 0.315 e. The summed E-state index contributed by atoms with van der Waals surface area (Å²) in [5.74, 6) is -0.586. The predicted molar refractivity (Wildman–Crippen MR) is 120 cm³/mol. The van der Waals surface area contributed by atoms with E-state index >= 15 is 0 Å². The molecule has 3 rings (SSSR count). The summed E-state index contributed by atoms with van der Waals surface area (Å²) in [7, 11) is 0. The van der Waals surface area contributed by atoms with Gasteiger partial charge in [0.15, 0.2) is 0 Å². The van der Waals surface area contributed by atoms with Crippen molar-refractivity contribution in [2.45, 2.75) is 71.1 Å². The Bertz CT molecular complexity index is 935. The number of nitrogens with zero attached hydrogens (tertiary/aromatic N) is 1. The molecule has 1 aliphatic heterocycles. The molecule has 168 valence electrons. The van der Waals surface area contributed by atoms with Gasteiger partial charge in [0.05, 0.1) is 23.8 Å². The number of aromatic nitrogens is 1. The van der Waals surface area contributed by atoms with E-state index in [9.17, 15) is 9.59 Å². The lowest BCUT2D eigenvalue weighted by atomic mass is 10.0. The Morgan fingerprint density at radius 2 is 1.74 bits per heavy atom. The zero-order valence-electron chi connectivity index (χ0n) is 19.2. The number of esters is 1. The lowest BCUT2D eigenvalue weighted by molar-refractivity contribution is -0.156. The standard InChI is InChI=1S/C25H34N2O4/c1-24(2,3)31-23(29)19-12-14-27-20(19)10-11-21(27)22(28)18-8-6-17(7-9-18)13-15-30-25(4,5)16-26/h6-11,19H,12-16,26H2,1-5H3/t19-/m0/s1. The largest absolute Gasteiger partial charge is 0.459 e. The highest BCUT2D eigenvalue weighted by atomic mass is 16.6. The van der Waals surface area contributed by atoms with Crippen molar-refractivity contribution in [3.63, 3.8) is 0 Å². The zero-order valence-corrected chi connectivity index (χ0v) is 19.2. The average molecular weight is 427 g/mol. The van der Waals surface area contributed by atoms with Crippen molar-refractivity contribution in [1.82, 2.24) is 4.57 Å². The summed E-state index contributed by atoms with van der Waals surface area (Å²) in [5, 5.41) is 0. The van der Waals surface area contributed by atoms with E-state index in [1.165, 1.54) is 0 Å². The first kappa shape index (κ1) is 23.2. The number of fused-ring (bicyclic) bond motifs is 1. The van der Waals surface area contributed by atoms with Gasteiger partial charge in [0.2, 0.25) is 5.78 Å². The zero-order chi connectivity index (χ0) is 22.8. The Kier molecular flexibility index (Phi) is 6.72. The lowest BCUT2D eigenvalue weighted by Crippen LogP contribution is -2.34. The van der Waals surface area contributed by atoms with E-state index in [-0.39, 0.29) is 23.3 Å². The van der Waals surface area contributed by atoms with Crippen LogP contribution in [-0.4, -0.2) is 40.7 Å². The van der Waals surface area contributed by atoms with Gasteiger partial charge in [0.1, 0.15) is 5.60 Å². The number of carbonyl (C=O) groups excluding carboxylic acids is 2. The van der Waals surface area contributed by atoms with E-state index in [1.807, 2.05) is 75.6 Å². The van der Waals surface area contributed by atoms with Crippen LogP contribution in [-0.2, 0) is 27.2 Å². The summed E-state index contributed by atoms with van der Waals surface area (Å²) in [5.41, 5.74) is 8.04. The molecule has 6 heteroatoms. The third-order valence-corrected chi connectivity index (χ3v) is 5.53. The first-order valence-electron chi connectivity index (χ1n) is 10.9. The molecule has 1 aliphatic rings. The van der Waals surface area contributed by atoms with Crippen molar-refractivity contribution in [2.75, 3.05) is 13.2 Å². The third-order valence-electron chi connectivity index (χ3n) is 5.53. The SMILES string of the molecule is CC(C)(C)OC(=O)[C@H]1CCn2c(C(=O)c3ccc(CCOC(C)(C)CN)cc3)ccc21. The fourth-order valence-corrected chi connectivity index (χ4v) is 3.73. The molecule has 2 N–H and O–H groups in total. The van der Waals surface area contributed by atoms with E-state index in [1.54, 1.807) is 0 Å². The molecular formula is C25H34N2O4. The summed E-state index contributed by atoms with van der Waals surface area (Å²) >= 11 is 0. The first-order valence-corrected chi connectivity index (χ1v) is 10.9. The van der Waals surface area contributed by atoms with Gasteiger partial charge in [-0.05, 0) is 65.2 Å². The van der Waals surface area contributed by atoms with Gasteiger partial charge in [-0.15, -0.1) is 0 Å². The topological polar surface area (TPSA) is 83.5 Å². The molecule has 0 saturated carbocycles. The molecule has 0 radical (unpaired) electrons. The highest BCUT2D eigenvalue weighted by Gasteiger charge is 2.34. The number of ether oxygens (including phenoxy) is 2. The number of ketones is 1. The second-order valence-electron chi connectivity index (χ2n) is 9.76. The monoisotopic (exact) mass is 426 g/mol. The van der Waals surface area contributed by atoms with E-state index in [0.29, 0.717) is 37.4 Å². The summed E-state index contributed by atoms with van der Waals surface area (Å²) in [6.07, 6.45) is 1.42. The van der Waals surface area contributed by atoms with Gasteiger partial charge in [-0.2, -0.15) is 0 Å². The highest BCUT2D eigenvalue weighted by Crippen LogP contribution is 2.33. The molecule has 1 aromatic carbocycles. The van der Waals surface area contributed by atoms with E-state index in [0.717, 1.165) is 17.7 Å². The fourth-order valence-electron chi connectivity index (χ4n) is 3.73. The minimum Gasteiger partial charge on any atom is -0.459 e. The van der Waals surface area contributed by atoms with E-state index in [4.69, 9.17) is 15.2 Å². The van der Waals surface area contributed by atoms with Crippen LogP contribution in [0.15, 0.2) is 36.4 Å². The van der Waals surface area contributed by atoms with Crippen molar-refractivity contribution in [3.8, 4) is 0 Å². The Balaban J connectivity index is 1.67. The van der Waals surface area contributed by atoms with Crippen LogP contribution in [0.25, 0.3) is 0 Å². The lowest BCUT2D eigenvalue weighted by Gasteiger charge is -2.23. The Hall–Kier alpha value is -2.44. The van der Waals surface area contributed by atoms with Gasteiger partial charge in [0, 0.05) is 24.3 Å². The molecule has 31 heavy (non-hydrogen) atoms. The van der Waals surface area contributed by atoms with E-state index in [2.05, 4.69) is 0 Å². The first-order chi connectivity index (χ1) is 14.5. The summed E-state index contributed by atoms with van der Waals surface area (Å²) in [6.45, 7) is 11.2. The molecule has 2 aromatic rings. The number of hydrogen-bond donors (Lipinski definition) is 1. The van der Waals surface area contributed by atoms with Crippen LogP contribution < -0.4 is 5.73 Å². The molecule has 6 nitrogen and oxygen atoms in total. The minimum atomic E-state index is -0.525. The summed E-state index contributed by atoms with van der Waals surface area (Å²) in [4.78, 5) is 25.6. The molecule has 2 heterocycles. The number of carbonyl (C=O) groups is 2. The van der Waals surface area contributed by atoms with Crippen LogP contribution in [0.2, 0.25) is 0 Å². The van der Waals surface area contributed by atoms with Gasteiger partial charge >= 0.3 is 5.97 Å². The molecule has 0 bridgehead atoms. The van der Waals surface area contributed by atoms with Crippen LogP contribution in [0, 0.1) is 0 Å². The summed E-state index contributed by atoms with van der Waals surface area (Å²) in [6, 6.07) is 11.3. The smallest absolute Gasteiger partial charge is 0.315 e. The molecule has 0 aliphatic carbocycles. The van der Waals surface area contributed by atoms with Crippen molar-refractivity contribution >= 4 is 11.8 Å². The second kappa shape index (κ2) is 8.97. The molecule has 0 amide bonds. The summed E-state index contributed by atoms with van der Waals surface area (Å²) < 4.78 is 13.3. The van der Waals surface area contributed by atoms with Gasteiger partial charge in [0.25, 0.3) is 0 Å². The molecule has 0 spiro atoms. The highest BCUT2D eigenvalue weighted by molar-refractivity contribution is 6.08. The quantitative estimate of drug-likeness (QED) is 0.512. The number of rotatable bonds is 8. The van der Waals surface area contributed by atoms with Crippen LogP contribution in [0.3, 0.4) is 0 Å². The van der Waals surface area contributed by atoms with Crippen LogP contribution in [0.1, 0.15) is 74.3 Å². The minimum absolute atomic E-state index is 0.0387. The van der Waals surface area contributed by atoms with Crippen molar-refractivity contribution in [2.24, 2.45) is 5.73 Å². The number of benzene rings is 1. The second-order valence-corrected chi connectivity index (χ2v) is 9.76. The van der Waals surface area contributed by atoms with Crippen LogP contribution in [0.4, 0.5) is 0 Å². The molecule has 1 aromatic heterocycles. The van der Waals surface area contributed by atoms with Crippen molar-refractivity contribution in [3.05, 3.63) is 58.9 Å². The van der Waals surface area contributed by atoms with Crippen LogP contribution >= 0.6 is 0 Å². The normalized spacial score (nSPS) is 16.3. The van der Waals surface area contributed by atoms with Gasteiger partial charge < -0.3 is 19.8 Å². The molecular weight excluding hydrogens is 392 g/mol. The maximum absolute atomic E-state index is 13.1. The predicted octanol–water partition coefficient (Wildman–Crippen LogP) is 3.84. The Morgan fingerprint density at radius 3 is 2.35 bits per heavy atom. The third kappa shape index (κ3) is 5.63. The maximum atomic E-state index is 13.1. The molecule has 0 fully saturated rings. The van der Waals surface area contributed by atoms with Gasteiger partial charge in [-0.3, -0.25) is 9.59 Å². The van der Waals surface area contributed by atoms with Crippen molar-refractivity contribution < 1.29 is 19.1 Å². The van der Waals surface area contributed by atoms with Gasteiger partial charge in [-0.25, -0.2) is 0 Å². The number of hydrogen-bond acceptors (Lipinski definition) is 5. The average Bonchev–Trinajstić information content (AvgIpc) is 3.28. The molecule has 0 unspecified atom stereocenters. The Labute approximate surface area is 184 Å². The van der Waals surface area contributed by atoms with Gasteiger partial charge in [-0.1, -0.05) is 24.3 Å². The molecule has 1 atom stereocenters.